The Hall–Kier alpha value is -3.06. The van der Waals surface area contributed by atoms with Crippen molar-refractivity contribution in [3.8, 4) is 11.4 Å². The van der Waals surface area contributed by atoms with E-state index in [0.717, 1.165) is 67.2 Å². The molecule has 0 unspecified atom stereocenters. The number of aromatic nitrogens is 2. The standard InChI is InChI=1S/C28H38N4O3/c1-34-20-11-17-29-27(33)14-7-3-10-21-35-24-15-16-25-26(22-24)32(23-12-5-2-6-13-23)28(30-25)31-18-8-4-9-19-31/h2,5-6,12-13,15-16,22H,3-4,7-11,14,17-21H2,1H3,(H,29,33). The van der Waals surface area contributed by atoms with Gasteiger partial charge < -0.3 is 19.7 Å². The lowest BCUT2D eigenvalue weighted by molar-refractivity contribution is -0.121. The second-order valence-corrected chi connectivity index (χ2v) is 9.14. The molecule has 4 rings (SSSR count). The Morgan fingerprint density at radius 3 is 2.60 bits per heavy atom. The van der Waals surface area contributed by atoms with Gasteiger partial charge in [0.2, 0.25) is 11.9 Å². The molecule has 3 aromatic rings. The largest absolute Gasteiger partial charge is 0.494 e. The number of nitrogens with one attached hydrogen (secondary N) is 1. The zero-order chi connectivity index (χ0) is 24.3. The Labute approximate surface area is 208 Å². The minimum atomic E-state index is 0.117. The number of carbonyl (C=O) groups excluding carboxylic acids is 1. The van der Waals surface area contributed by atoms with Gasteiger partial charge in [-0.25, -0.2) is 4.98 Å². The number of imidazole rings is 1. The van der Waals surface area contributed by atoms with Gasteiger partial charge >= 0.3 is 0 Å². The molecule has 1 fully saturated rings. The summed E-state index contributed by atoms with van der Waals surface area (Å²) >= 11 is 0. The van der Waals surface area contributed by atoms with E-state index in [2.05, 4.69) is 51.2 Å². The Balaban J connectivity index is 1.34. The number of rotatable bonds is 13. The molecule has 0 saturated carbocycles. The van der Waals surface area contributed by atoms with Crippen molar-refractivity contribution in [2.75, 3.05) is 44.9 Å². The summed E-state index contributed by atoms with van der Waals surface area (Å²) in [4.78, 5) is 19.3. The number of ether oxygens (including phenoxy) is 2. The molecule has 0 bridgehead atoms. The number of benzene rings is 2. The van der Waals surface area contributed by atoms with Crippen molar-refractivity contribution in [1.29, 1.82) is 0 Å². The maximum Gasteiger partial charge on any atom is 0.219 e. The van der Waals surface area contributed by atoms with Gasteiger partial charge in [-0.3, -0.25) is 9.36 Å². The molecule has 7 nitrogen and oxygen atoms in total. The fourth-order valence-corrected chi connectivity index (χ4v) is 4.56. The van der Waals surface area contributed by atoms with Crippen LogP contribution in [0.1, 0.15) is 51.4 Å². The topological polar surface area (TPSA) is 68.6 Å². The van der Waals surface area contributed by atoms with E-state index in [-0.39, 0.29) is 5.91 Å². The van der Waals surface area contributed by atoms with Crippen LogP contribution in [0.3, 0.4) is 0 Å². The van der Waals surface area contributed by atoms with Gasteiger partial charge in [-0.15, -0.1) is 0 Å². The molecule has 2 aromatic carbocycles. The number of nitrogens with zero attached hydrogens (tertiary/aromatic N) is 3. The number of piperidine rings is 1. The number of para-hydroxylation sites is 1. The molecule has 1 aliphatic heterocycles. The van der Waals surface area contributed by atoms with Crippen molar-refractivity contribution < 1.29 is 14.3 Å². The first-order chi connectivity index (χ1) is 17.3. The SMILES string of the molecule is COCCCNC(=O)CCCCCOc1ccc2nc(N3CCCCC3)n(-c3ccccc3)c2c1. The average molecular weight is 479 g/mol. The molecular weight excluding hydrogens is 440 g/mol. The molecule has 2 heterocycles. The first-order valence-corrected chi connectivity index (χ1v) is 13.0. The van der Waals surface area contributed by atoms with E-state index in [4.69, 9.17) is 14.5 Å². The highest BCUT2D eigenvalue weighted by Gasteiger charge is 2.20. The summed E-state index contributed by atoms with van der Waals surface area (Å²) in [5.74, 6) is 1.99. The molecule has 0 spiro atoms. The van der Waals surface area contributed by atoms with Crippen LogP contribution in [0.4, 0.5) is 5.95 Å². The van der Waals surface area contributed by atoms with Crippen molar-refractivity contribution in [2.45, 2.75) is 51.4 Å². The monoisotopic (exact) mass is 478 g/mol. The fraction of sp³-hybridized carbons (Fsp3) is 0.500. The van der Waals surface area contributed by atoms with E-state index in [1.165, 1.54) is 19.3 Å². The van der Waals surface area contributed by atoms with E-state index in [1.54, 1.807) is 7.11 Å². The normalized spacial score (nSPS) is 13.8. The van der Waals surface area contributed by atoms with Crippen LogP contribution >= 0.6 is 0 Å². The number of anilines is 1. The maximum absolute atomic E-state index is 11.9. The molecule has 35 heavy (non-hydrogen) atoms. The molecule has 0 radical (unpaired) electrons. The van der Waals surface area contributed by atoms with Gasteiger partial charge in [-0.2, -0.15) is 0 Å². The predicted octanol–water partition coefficient (Wildman–Crippen LogP) is 5.11. The lowest BCUT2D eigenvalue weighted by Crippen LogP contribution is -2.31. The number of unbranched alkanes of at least 4 members (excludes halogenated alkanes) is 2. The van der Waals surface area contributed by atoms with E-state index in [1.807, 2.05) is 12.1 Å². The quantitative estimate of drug-likeness (QED) is 0.346. The number of hydrogen-bond acceptors (Lipinski definition) is 5. The third kappa shape index (κ3) is 6.98. The number of fused-ring (bicyclic) bond motifs is 1. The Morgan fingerprint density at radius 1 is 0.971 bits per heavy atom. The molecule has 0 aliphatic carbocycles. The zero-order valence-corrected chi connectivity index (χ0v) is 20.9. The fourth-order valence-electron chi connectivity index (χ4n) is 4.56. The lowest BCUT2D eigenvalue weighted by atomic mass is 10.1. The van der Waals surface area contributed by atoms with E-state index >= 15 is 0 Å². The molecule has 7 heteroatoms. The number of amides is 1. The molecule has 1 saturated heterocycles. The molecule has 1 amide bonds. The van der Waals surface area contributed by atoms with Crippen LogP contribution in [0.5, 0.6) is 5.75 Å². The van der Waals surface area contributed by atoms with Gasteiger partial charge in [0.15, 0.2) is 0 Å². The van der Waals surface area contributed by atoms with Crippen molar-refractivity contribution in [3.05, 3.63) is 48.5 Å². The van der Waals surface area contributed by atoms with Crippen LogP contribution in [0.2, 0.25) is 0 Å². The molecule has 188 valence electrons. The predicted molar refractivity (Wildman–Crippen MR) is 141 cm³/mol. The number of methoxy groups -OCH3 is 1. The van der Waals surface area contributed by atoms with E-state index in [9.17, 15) is 4.79 Å². The van der Waals surface area contributed by atoms with Crippen LogP contribution in [0.15, 0.2) is 48.5 Å². The molecule has 0 atom stereocenters. The third-order valence-corrected chi connectivity index (χ3v) is 6.43. The highest BCUT2D eigenvalue weighted by molar-refractivity contribution is 5.83. The van der Waals surface area contributed by atoms with Gasteiger partial charge in [0.05, 0.1) is 17.6 Å². The smallest absolute Gasteiger partial charge is 0.219 e. The van der Waals surface area contributed by atoms with Gasteiger partial charge in [-0.05, 0) is 69.2 Å². The number of carbonyl (C=O) groups is 1. The van der Waals surface area contributed by atoms with Crippen LogP contribution in [-0.4, -0.2) is 55.4 Å². The number of hydrogen-bond donors (Lipinski definition) is 1. The van der Waals surface area contributed by atoms with Crippen LogP contribution in [-0.2, 0) is 9.53 Å². The van der Waals surface area contributed by atoms with Crippen LogP contribution in [0, 0.1) is 0 Å². The minimum Gasteiger partial charge on any atom is -0.494 e. The average Bonchev–Trinajstić information content (AvgIpc) is 3.28. The Morgan fingerprint density at radius 2 is 1.80 bits per heavy atom. The second-order valence-electron chi connectivity index (χ2n) is 9.14. The van der Waals surface area contributed by atoms with Gasteiger partial charge in [-0.1, -0.05) is 18.2 Å². The van der Waals surface area contributed by atoms with E-state index in [0.29, 0.717) is 26.2 Å². The third-order valence-electron chi connectivity index (χ3n) is 6.43. The Kier molecular flexibility index (Phi) is 9.40. The molecule has 1 aliphatic rings. The summed E-state index contributed by atoms with van der Waals surface area (Å²) in [6.07, 6.45) is 7.89. The van der Waals surface area contributed by atoms with Gasteiger partial charge in [0.1, 0.15) is 5.75 Å². The van der Waals surface area contributed by atoms with Crippen molar-refractivity contribution in [3.63, 3.8) is 0 Å². The minimum absolute atomic E-state index is 0.117. The Bertz CT molecular complexity index is 1060. The zero-order valence-electron chi connectivity index (χ0n) is 20.9. The summed E-state index contributed by atoms with van der Waals surface area (Å²) in [6, 6.07) is 16.6. The lowest BCUT2D eigenvalue weighted by Gasteiger charge is -2.28. The first-order valence-electron chi connectivity index (χ1n) is 13.0. The van der Waals surface area contributed by atoms with Gasteiger partial charge in [0.25, 0.3) is 0 Å². The van der Waals surface area contributed by atoms with E-state index < -0.39 is 0 Å². The summed E-state index contributed by atoms with van der Waals surface area (Å²) in [7, 11) is 1.67. The van der Waals surface area contributed by atoms with Crippen LogP contribution < -0.4 is 15.0 Å². The van der Waals surface area contributed by atoms with Gasteiger partial charge in [0, 0.05) is 51.5 Å². The molecular formula is C28H38N4O3. The summed E-state index contributed by atoms with van der Waals surface area (Å²) < 4.78 is 13.3. The maximum atomic E-state index is 11.9. The summed E-state index contributed by atoms with van der Waals surface area (Å²) in [5.41, 5.74) is 3.17. The highest BCUT2D eigenvalue weighted by atomic mass is 16.5. The van der Waals surface area contributed by atoms with Crippen LogP contribution in [0.25, 0.3) is 16.7 Å². The van der Waals surface area contributed by atoms with Crippen molar-refractivity contribution in [1.82, 2.24) is 14.9 Å². The first kappa shape index (κ1) is 25.0. The highest BCUT2D eigenvalue weighted by Crippen LogP contribution is 2.31. The summed E-state index contributed by atoms with van der Waals surface area (Å²) in [6.45, 7) is 4.08. The second kappa shape index (κ2) is 13.1. The van der Waals surface area contributed by atoms with Crippen molar-refractivity contribution >= 4 is 22.9 Å². The summed E-state index contributed by atoms with van der Waals surface area (Å²) in [5, 5.41) is 2.93. The van der Waals surface area contributed by atoms with Crippen molar-refractivity contribution in [2.24, 2.45) is 0 Å². The molecule has 1 N–H and O–H groups in total. The molecule has 1 aromatic heterocycles.